The van der Waals surface area contributed by atoms with Crippen LogP contribution in [0.2, 0.25) is 0 Å². The fraction of sp³-hybridized carbons (Fsp3) is 0.100. The molecule has 0 spiro atoms. The third-order valence-electron chi connectivity index (χ3n) is 5.90. The molecular weight excluding hydrogens is 535 g/mol. The van der Waals surface area contributed by atoms with E-state index < -0.39 is 12.1 Å². The maximum absolute atomic E-state index is 13.1. The molecule has 3 heterocycles. The standard InChI is InChI=1S/C28H23N5O.C2HF3O2/c29-17-19-9-11-21(12-10-19)26-23(20-6-2-1-3-7-20)16-24-25(33-26)13-15-31-27(24)28(34)32-18-22-8-4-5-14-30-22;3-2(4,5)1(6)7/h1-16H,17-18,29H2,(H,32,34);(H,6,7). The highest BCUT2D eigenvalue weighted by atomic mass is 19.4. The van der Waals surface area contributed by atoms with Gasteiger partial charge in [0, 0.05) is 35.5 Å². The summed E-state index contributed by atoms with van der Waals surface area (Å²) >= 11 is 0. The Kier molecular flexibility index (Phi) is 9.00. The summed E-state index contributed by atoms with van der Waals surface area (Å²) in [6, 6.07) is 27.6. The minimum atomic E-state index is -5.08. The van der Waals surface area contributed by atoms with Crippen molar-refractivity contribution in [3.05, 3.63) is 114 Å². The average molecular weight is 560 g/mol. The van der Waals surface area contributed by atoms with E-state index in [1.165, 1.54) is 0 Å². The lowest BCUT2D eigenvalue weighted by atomic mass is 9.96. The molecule has 11 heteroatoms. The van der Waals surface area contributed by atoms with Gasteiger partial charge in [0.05, 0.1) is 23.4 Å². The van der Waals surface area contributed by atoms with Gasteiger partial charge in [-0.2, -0.15) is 13.2 Å². The zero-order chi connectivity index (χ0) is 29.4. The molecule has 3 aromatic heterocycles. The van der Waals surface area contributed by atoms with Gasteiger partial charge < -0.3 is 16.2 Å². The number of carbonyl (C=O) groups is 2. The summed E-state index contributed by atoms with van der Waals surface area (Å²) in [6.45, 7) is 0.807. The third-order valence-corrected chi connectivity index (χ3v) is 5.90. The minimum Gasteiger partial charge on any atom is -0.475 e. The molecule has 4 N–H and O–H groups in total. The number of aromatic nitrogens is 3. The Hall–Kier alpha value is -5.16. The lowest BCUT2D eigenvalue weighted by Gasteiger charge is -2.14. The molecule has 0 unspecified atom stereocenters. The van der Waals surface area contributed by atoms with Crippen LogP contribution in [0.5, 0.6) is 0 Å². The average Bonchev–Trinajstić information content (AvgIpc) is 2.99. The molecular formula is C30H24F3N5O3. The Labute approximate surface area is 232 Å². The van der Waals surface area contributed by atoms with Crippen LogP contribution in [0.25, 0.3) is 33.3 Å². The quantitative estimate of drug-likeness (QED) is 0.255. The van der Waals surface area contributed by atoms with E-state index >= 15 is 0 Å². The Balaban J connectivity index is 0.000000493. The van der Waals surface area contributed by atoms with E-state index in [1.54, 1.807) is 12.4 Å². The SMILES string of the molecule is NCc1ccc(-c2nc3ccnc(C(=O)NCc4ccccn4)c3cc2-c2ccccc2)cc1.O=C(O)C(F)(F)F. The summed E-state index contributed by atoms with van der Waals surface area (Å²) < 4.78 is 31.7. The molecule has 0 radical (unpaired) electrons. The number of nitrogens with zero attached hydrogens (tertiary/aromatic N) is 3. The number of nitrogens with one attached hydrogen (secondary N) is 1. The van der Waals surface area contributed by atoms with Crippen LogP contribution in [0.1, 0.15) is 21.7 Å². The van der Waals surface area contributed by atoms with Crippen molar-refractivity contribution in [2.45, 2.75) is 19.3 Å². The number of amides is 1. The van der Waals surface area contributed by atoms with Gasteiger partial charge in [-0.05, 0) is 35.4 Å². The van der Waals surface area contributed by atoms with Crippen molar-refractivity contribution in [2.75, 3.05) is 0 Å². The van der Waals surface area contributed by atoms with E-state index in [1.807, 2.05) is 84.9 Å². The van der Waals surface area contributed by atoms with Crippen molar-refractivity contribution in [2.24, 2.45) is 5.73 Å². The second kappa shape index (κ2) is 12.8. The molecule has 0 fully saturated rings. The van der Waals surface area contributed by atoms with Crippen molar-refractivity contribution in [3.63, 3.8) is 0 Å². The number of fused-ring (bicyclic) bond motifs is 1. The fourth-order valence-corrected chi connectivity index (χ4v) is 3.89. The van der Waals surface area contributed by atoms with E-state index in [-0.39, 0.29) is 5.91 Å². The molecule has 1 amide bonds. The number of rotatable bonds is 6. The van der Waals surface area contributed by atoms with Crippen molar-refractivity contribution in [3.8, 4) is 22.4 Å². The van der Waals surface area contributed by atoms with Gasteiger partial charge in [-0.1, -0.05) is 60.7 Å². The molecule has 5 rings (SSSR count). The van der Waals surface area contributed by atoms with Gasteiger partial charge in [0.1, 0.15) is 5.69 Å². The fourth-order valence-electron chi connectivity index (χ4n) is 3.89. The first-order valence-electron chi connectivity index (χ1n) is 12.3. The van der Waals surface area contributed by atoms with Crippen LogP contribution in [-0.4, -0.2) is 38.1 Å². The number of nitrogens with two attached hydrogens (primary N) is 1. The van der Waals surface area contributed by atoms with Crippen LogP contribution in [0, 0.1) is 0 Å². The first-order valence-corrected chi connectivity index (χ1v) is 12.3. The molecule has 41 heavy (non-hydrogen) atoms. The number of hydrogen-bond donors (Lipinski definition) is 3. The molecule has 0 saturated carbocycles. The number of carboxylic acid groups (broad SMARTS) is 1. The second-order valence-electron chi connectivity index (χ2n) is 8.68. The predicted molar refractivity (Wildman–Crippen MR) is 147 cm³/mol. The molecule has 0 bridgehead atoms. The minimum absolute atomic E-state index is 0.267. The van der Waals surface area contributed by atoms with Crippen LogP contribution in [0.4, 0.5) is 13.2 Å². The number of halogens is 3. The van der Waals surface area contributed by atoms with E-state index in [4.69, 9.17) is 20.6 Å². The summed E-state index contributed by atoms with van der Waals surface area (Å²) in [5.41, 5.74) is 12.4. The number of aliphatic carboxylic acids is 1. The van der Waals surface area contributed by atoms with Crippen LogP contribution in [-0.2, 0) is 17.9 Å². The van der Waals surface area contributed by atoms with Crippen LogP contribution >= 0.6 is 0 Å². The van der Waals surface area contributed by atoms with E-state index in [0.29, 0.717) is 29.7 Å². The zero-order valence-electron chi connectivity index (χ0n) is 21.5. The molecule has 0 saturated heterocycles. The van der Waals surface area contributed by atoms with Gasteiger partial charge in [0.2, 0.25) is 0 Å². The van der Waals surface area contributed by atoms with Crippen molar-refractivity contribution in [1.82, 2.24) is 20.3 Å². The first-order chi connectivity index (χ1) is 19.7. The Morgan fingerprint density at radius 2 is 1.54 bits per heavy atom. The van der Waals surface area contributed by atoms with Crippen LogP contribution in [0.15, 0.2) is 97.3 Å². The van der Waals surface area contributed by atoms with E-state index in [0.717, 1.165) is 33.6 Å². The summed E-state index contributed by atoms with van der Waals surface area (Å²) in [6.07, 6.45) is -1.76. The molecule has 0 aliphatic rings. The zero-order valence-corrected chi connectivity index (χ0v) is 21.5. The van der Waals surface area contributed by atoms with Gasteiger partial charge >= 0.3 is 12.1 Å². The van der Waals surface area contributed by atoms with Gasteiger partial charge in [0.15, 0.2) is 0 Å². The van der Waals surface area contributed by atoms with Crippen molar-refractivity contribution >= 4 is 22.8 Å². The molecule has 0 aliphatic heterocycles. The van der Waals surface area contributed by atoms with Crippen LogP contribution < -0.4 is 11.1 Å². The first kappa shape index (κ1) is 28.8. The maximum atomic E-state index is 13.1. The summed E-state index contributed by atoms with van der Waals surface area (Å²) in [5.74, 6) is -3.02. The van der Waals surface area contributed by atoms with Gasteiger partial charge in [-0.25, -0.2) is 9.78 Å². The number of hydrogen-bond acceptors (Lipinski definition) is 6. The van der Waals surface area contributed by atoms with Crippen LogP contribution in [0.3, 0.4) is 0 Å². The van der Waals surface area contributed by atoms with E-state index in [9.17, 15) is 18.0 Å². The summed E-state index contributed by atoms with van der Waals surface area (Å²) in [4.78, 5) is 35.6. The number of carbonyl (C=O) groups excluding carboxylic acids is 1. The Morgan fingerprint density at radius 1 is 0.854 bits per heavy atom. The lowest BCUT2D eigenvalue weighted by molar-refractivity contribution is -0.192. The third kappa shape index (κ3) is 7.28. The van der Waals surface area contributed by atoms with Gasteiger partial charge in [0.25, 0.3) is 5.91 Å². The second-order valence-corrected chi connectivity index (χ2v) is 8.68. The van der Waals surface area contributed by atoms with Crippen molar-refractivity contribution in [1.29, 1.82) is 0 Å². The molecule has 0 atom stereocenters. The van der Waals surface area contributed by atoms with E-state index in [2.05, 4.69) is 15.3 Å². The molecule has 0 aliphatic carbocycles. The number of benzene rings is 2. The number of alkyl halides is 3. The highest BCUT2D eigenvalue weighted by molar-refractivity contribution is 6.06. The topological polar surface area (TPSA) is 131 Å². The highest BCUT2D eigenvalue weighted by Gasteiger charge is 2.38. The summed E-state index contributed by atoms with van der Waals surface area (Å²) in [7, 11) is 0. The van der Waals surface area contributed by atoms with Gasteiger partial charge in [-0.15, -0.1) is 0 Å². The normalized spacial score (nSPS) is 10.9. The summed E-state index contributed by atoms with van der Waals surface area (Å²) in [5, 5.41) is 10.7. The molecule has 208 valence electrons. The maximum Gasteiger partial charge on any atom is 0.490 e. The Morgan fingerprint density at radius 3 is 2.15 bits per heavy atom. The molecule has 2 aromatic carbocycles. The largest absolute Gasteiger partial charge is 0.490 e. The highest BCUT2D eigenvalue weighted by Crippen LogP contribution is 2.34. The lowest BCUT2D eigenvalue weighted by Crippen LogP contribution is -2.24. The molecule has 8 nitrogen and oxygen atoms in total. The van der Waals surface area contributed by atoms with Gasteiger partial charge in [-0.3, -0.25) is 14.8 Å². The monoisotopic (exact) mass is 559 g/mol. The smallest absolute Gasteiger partial charge is 0.475 e. The molecule has 5 aromatic rings. The predicted octanol–water partition coefficient (Wildman–Crippen LogP) is 5.38. The van der Waals surface area contributed by atoms with Crippen molar-refractivity contribution < 1.29 is 27.9 Å². The number of carboxylic acids is 1. The number of pyridine rings is 3. The Bertz CT molecular complexity index is 1650.